The predicted molar refractivity (Wildman–Crippen MR) is 156 cm³/mol. The molecular formula is C34H41N2O+. The summed E-state index contributed by atoms with van der Waals surface area (Å²) < 4.78 is 11.6. The molecule has 0 radical (unpaired) electrons. The average Bonchev–Trinajstić information content (AvgIpc) is 3.39. The zero-order chi connectivity index (χ0) is 26.6. The van der Waals surface area contributed by atoms with E-state index in [1.54, 1.807) is 0 Å². The highest BCUT2D eigenvalue weighted by Gasteiger charge is 2.33. The summed E-state index contributed by atoms with van der Waals surface area (Å²) in [6, 6.07) is 20.1. The minimum atomic E-state index is 0.292. The summed E-state index contributed by atoms with van der Waals surface area (Å²) in [6.07, 6.45) is 2.34. The van der Waals surface area contributed by atoms with Crippen LogP contribution < -0.4 is 4.57 Å². The second kappa shape index (κ2) is 9.52. The largest absolute Gasteiger partial charge is 0.456 e. The summed E-state index contributed by atoms with van der Waals surface area (Å²) in [4.78, 5) is 0. The zero-order valence-electron chi connectivity index (χ0n) is 23.9. The van der Waals surface area contributed by atoms with E-state index in [2.05, 4.69) is 132 Å². The average molecular weight is 494 g/mol. The lowest BCUT2D eigenvalue weighted by molar-refractivity contribution is -0.584. The Bertz CT molecular complexity index is 1590. The molecule has 192 valence electrons. The van der Waals surface area contributed by atoms with Crippen LogP contribution in [-0.4, -0.2) is 4.57 Å². The van der Waals surface area contributed by atoms with Crippen LogP contribution in [0, 0.1) is 6.92 Å². The molecule has 3 heteroatoms. The Morgan fingerprint density at radius 1 is 0.730 bits per heavy atom. The van der Waals surface area contributed by atoms with Gasteiger partial charge in [-0.15, -0.1) is 0 Å². The second-order valence-corrected chi connectivity index (χ2v) is 11.7. The van der Waals surface area contributed by atoms with Gasteiger partial charge < -0.3 is 4.42 Å². The number of rotatable bonds is 6. The lowest BCUT2D eigenvalue weighted by atomic mass is 9.89. The normalized spacial score (nSPS) is 12.4. The Hall–Kier alpha value is -3.33. The summed E-state index contributed by atoms with van der Waals surface area (Å²) >= 11 is 0. The van der Waals surface area contributed by atoms with E-state index >= 15 is 0 Å². The van der Waals surface area contributed by atoms with Gasteiger partial charge >= 0.3 is 0 Å². The molecule has 5 rings (SSSR count). The third kappa shape index (κ3) is 4.09. The molecule has 2 aromatic heterocycles. The molecule has 3 nitrogen and oxygen atoms in total. The molecule has 0 aliphatic rings. The lowest BCUT2D eigenvalue weighted by Crippen LogP contribution is -2.36. The standard InChI is InChI=1S/C34H41N2O/c1-20(2)25-14-10-11-16-27(25)34-35(19-24(9)36(34)23(7)8)32-28(21(3)4)18-29-26-15-12-13-17-30(26)37-33(29)31(32)22(5)6/h10-23H,1-9H3/q+1. The van der Waals surface area contributed by atoms with Crippen LogP contribution in [0.2, 0.25) is 0 Å². The number of benzene rings is 3. The van der Waals surface area contributed by atoms with E-state index in [1.165, 1.54) is 50.2 Å². The molecule has 3 aromatic carbocycles. The van der Waals surface area contributed by atoms with Crippen molar-refractivity contribution in [1.82, 2.24) is 4.57 Å². The molecule has 37 heavy (non-hydrogen) atoms. The number of hydrogen-bond donors (Lipinski definition) is 0. The van der Waals surface area contributed by atoms with Gasteiger partial charge in [-0.25, -0.2) is 4.57 Å². The van der Waals surface area contributed by atoms with Crippen molar-refractivity contribution in [2.75, 3.05) is 0 Å². The van der Waals surface area contributed by atoms with Crippen LogP contribution in [0.4, 0.5) is 0 Å². The van der Waals surface area contributed by atoms with E-state index in [9.17, 15) is 0 Å². The highest BCUT2D eigenvalue weighted by molar-refractivity contribution is 6.07. The van der Waals surface area contributed by atoms with Crippen LogP contribution in [0.25, 0.3) is 39.0 Å². The van der Waals surface area contributed by atoms with Gasteiger partial charge in [0.2, 0.25) is 0 Å². The van der Waals surface area contributed by atoms with E-state index in [4.69, 9.17) is 4.42 Å². The lowest BCUT2D eigenvalue weighted by Gasteiger charge is -2.20. The molecule has 0 N–H and O–H groups in total. The molecule has 0 atom stereocenters. The molecule has 2 heterocycles. The van der Waals surface area contributed by atoms with Crippen molar-refractivity contribution in [2.24, 2.45) is 0 Å². The Balaban J connectivity index is 1.98. The number of fused-ring (bicyclic) bond motifs is 3. The van der Waals surface area contributed by atoms with Gasteiger partial charge in [0.1, 0.15) is 28.7 Å². The van der Waals surface area contributed by atoms with Crippen LogP contribution in [0.3, 0.4) is 0 Å². The van der Waals surface area contributed by atoms with Crippen molar-refractivity contribution in [3.8, 4) is 17.1 Å². The SMILES string of the molecule is Cc1c[n+](-c2c(C(C)C)cc3c(oc4ccccc43)c2C(C)C)c(-c2ccccc2C(C)C)n1C(C)C. The summed E-state index contributed by atoms with van der Waals surface area (Å²) in [6.45, 7) is 20.6. The number of furan rings is 1. The van der Waals surface area contributed by atoms with Crippen LogP contribution in [0.15, 0.2) is 65.2 Å². The number of para-hydroxylation sites is 1. The van der Waals surface area contributed by atoms with Crippen molar-refractivity contribution in [3.05, 3.63) is 83.2 Å². The summed E-state index contributed by atoms with van der Waals surface area (Å²) in [5, 5.41) is 2.41. The van der Waals surface area contributed by atoms with E-state index in [0.717, 1.165) is 11.2 Å². The predicted octanol–water partition coefficient (Wildman–Crippen LogP) is 9.59. The molecule has 0 saturated carbocycles. The molecular weight excluding hydrogens is 452 g/mol. The number of hydrogen-bond acceptors (Lipinski definition) is 1. The number of imidazole rings is 1. The van der Waals surface area contributed by atoms with Crippen LogP contribution in [0.5, 0.6) is 0 Å². The fourth-order valence-corrected chi connectivity index (χ4v) is 6.02. The van der Waals surface area contributed by atoms with Crippen molar-refractivity contribution in [1.29, 1.82) is 0 Å². The van der Waals surface area contributed by atoms with Gasteiger partial charge in [0, 0.05) is 28.8 Å². The van der Waals surface area contributed by atoms with Crippen molar-refractivity contribution in [3.63, 3.8) is 0 Å². The van der Waals surface area contributed by atoms with Crippen molar-refractivity contribution < 1.29 is 8.98 Å². The fraction of sp³-hybridized carbons (Fsp3) is 0.382. The molecule has 0 saturated heterocycles. The Labute approximate surface area is 221 Å². The summed E-state index contributed by atoms with van der Waals surface area (Å²) in [5.41, 5.74) is 9.82. The molecule has 0 aliphatic heterocycles. The fourth-order valence-electron chi connectivity index (χ4n) is 6.02. The molecule has 0 bridgehead atoms. The quantitative estimate of drug-likeness (QED) is 0.216. The minimum Gasteiger partial charge on any atom is -0.456 e. The van der Waals surface area contributed by atoms with Gasteiger partial charge in [-0.2, -0.15) is 4.57 Å². The highest BCUT2D eigenvalue weighted by Crippen LogP contribution is 2.41. The van der Waals surface area contributed by atoms with Crippen molar-refractivity contribution >= 4 is 21.9 Å². The third-order valence-corrected chi connectivity index (χ3v) is 7.64. The molecule has 0 fully saturated rings. The summed E-state index contributed by atoms with van der Waals surface area (Å²) in [5.74, 6) is 2.32. The number of aromatic nitrogens is 2. The van der Waals surface area contributed by atoms with E-state index in [1.807, 2.05) is 0 Å². The first-order chi connectivity index (χ1) is 17.6. The van der Waals surface area contributed by atoms with Gasteiger partial charge in [-0.05, 0) is 55.4 Å². The first kappa shape index (κ1) is 25.3. The van der Waals surface area contributed by atoms with Crippen LogP contribution in [-0.2, 0) is 0 Å². The Morgan fingerprint density at radius 2 is 1.38 bits per heavy atom. The highest BCUT2D eigenvalue weighted by atomic mass is 16.3. The first-order valence-corrected chi connectivity index (χ1v) is 13.8. The molecule has 0 unspecified atom stereocenters. The zero-order valence-corrected chi connectivity index (χ0v) is 23.9. The molecule has 5 aromatic rings. The van der Waals surface area contributed by atoms with Gasteiger partial charge in [0.15, 0.2) is 0 Å². The number of aryl methyl sites for hydroxylation is 1. The molecule has 0 amide bonds. The van der Waals surface area contributed by atoms with Crippen molar-refractivity contribution in [2.45, 2.75) is 86.1 Å². The monoisotopic (exact) mass is 493 g/mol. The maximum absolute atomic E-state index is 6.61. The Morgan fingerprint density at radius 3 is 2.03 bits per heavy atom. The first-order valence-electron chi connectivity index (χ1n) is 13.8. The van der Waals surface area contributed by atoms with E-state index < -0.39 is 0 Å². The Kier molecular flexibility index (Phi) is 6.52. The number of nitrogens with zero attached hydrogens (tertiary/aromatic N) is 2. The summed E-state index contributed by atoms with van der Waals surface area (Å²) in [7, 11) is 0. The topological polar surface area (TPSA) is 21.9 Å². The maximum Gasteiger partial charge on any atom is 0.294 e. The molecule has 0 spiro atoms. The van der Waals surface area contributed by atoms with E-state index in [-0.39, 0.29) is 0 Å². The minimum absolute atomic E-state index is 0.292. The van der Waals surface area contributed by atoms with Crippen LogP contribution >= 0.6 is 0 Å². The third-order valence-electron chi connectivity index (χ3n) is 7.64. The smallest absolute Gasteiger partial charge is 0.294 e. The van der Waals surface area contributed by atoms with Gasteiger partial charge in [0.05, 0.1) is 11.6 Å². The molecule has 0 aliphatic carbocycles. The van der Waals surface area contributed by atoms with E-state index in [0.29, 0.717) is 23.8 Å². The second-order valence-electron chi connectivity index (χ2n) is 11.7. The van der Waals surface area contributed by atoms with Gasteiger partial charge in [-0.3, -0.25) is 0 Å². The van der Waals surface area contributed by atoms with Gasteiger partial charge in [-0.1, -0.05) is 77.9 Å². The maximum atomic E-state index is 6.61. The van der Waals surface area contributed by atoms with Crippen LogP contribution in [0.1, 0.15) is 102 Å². The van der Waals surface area contributed by atoms with Gasteiger partial charge in [0.25, 0.3) is 5.82 Å².